The van der Waals surface area contributed by atoms with Crippen LogP contribution in [-0.4, -0.2) is 32.8 Å². The van der Waals surface area contributed by atoms with Crippen molar-refractivity contribution in [2.45, 2.75) is 13.5 Å². The molecule has 5 aromatic rings. The average molecular weight is 500 g/mol. The lowest BCUT2D eigenvalue weighted by Crippen LogP contribution is -2.18. The van der Waals surface area contributed by atoms with Crippen LogP contribution in [0.15, 0.2) is 78.9 Å². The van der Waals surface area contributed by atoms with Gasteiger partial charge in [-0.2, -0.15) is 5.10 Å². The molecule has 0 bridgehead atoms. The van der Waals surface area contributed by atoms with Crippen molar-refractivity contribution in [3.63, 3.8) is 0 Å². The molecule has 0 aliphatic rings. The number of hydrogen-bond donors (Lipinski definition) is 1. The van der Waals surface area contributed by atoms with E-state index < -0.39 is 5.91 Å². The molecule has 180 valence electrons. The molecule has 0 unspecified atom stereocenters. The number of nitrogens with zero attached hydrogens (tertiary/aromatic N) is 4. The minimum absolute atomic E-state index is 0.168. The molecule has 0 atom stereocenters. The van der Waals surface area contributed by atoms with Crippen LogP contribution in [0.25, 0.3) is 16.8 Å². The SMILES string of the molecule is COCc1nn2c(C)c(C(=O)Nc3ccc(Oc4ccccc4)cc3)nnc2c1-c1ccc(Cl)cc1. The monoisotopic (exact) mass is 499 g/mol. The Bertz CT molecular complexity index is 1520. The number of carbonyl (C=O) groups is 1. The van der Waals surface area contributed by atoms with Gasteiger partial charge in [-0.3, -0.25) is 4.79 Å². The summed E-state index contributed by atoms with van der Waals surface area (Å²) < 4.78 is 12.8. The van der Waals surface area contributed by atoms with E-state index in [4.69, 9.17) is 21.1 Å². The minimum Gasteiger partial charge on any atom is -0.457 e. The molecule has 5 rings (SSSR count). The highest BCUT2D eigenvalue weighted by atomic mass is 35.5. The Morgan fingerprint density at radius 2 is 1.64 bits per heavy atom. The normalized spacial score (nSPS) is 11.0. The van der Waals surface area contributed by atoms with Gasteiger partial charge in [-0.25, -0.2) is 4.52 Å². The van der Waals surface area contributed by atoms with E-state index in [0.717, 1.165) is 16.9 Å². The predicted molar refractivity (Wildman–Crippen MR) is 138 cm³/mol. The Kier molecular flexibility index (Phi) is 6.62. The quantitative estimate of drug-likeness (QED) is 0.298. The van der Waals surface area contributed by atoms with Gasteiger partial charge in [-0.05, 0) is 61.0 Å². The number of aromatic nitrogens is 4. The van der Waals surface area contributed by atoms with Crippen molar-refractivity contribution in [3.8, 4) is 22.6 Å². The number of fused-ring (bicyclic) bond motifs is 1. The summed E-state index contributed by atoms with van der Waals surface area (Å²) in [5, 5.41) is 16.7. The zero-order valence-electron chi connectivity index (χ0n) is 19.6. The maximum absolute atomic E-state index is 13.1. The van der Waals surface area contributed by atoms with Gasteiger partial charge in [0.05, 0.1) is 23.6 Å². The Hall–Kier alpha value is -4.27. The molecule has 2 aromatic heterocycles. The maximum atomic E-state index is 13.1. The number of para-hydroxylation sites is 1. The van der Waals surface area contributed by atoms with Gasteiger partial charge in [0.15, 0.2) is 11.3 Å². The highest BCUT2D eigenvalue weighted by molar-refractivity contribution is 6.30. The molecular weight excluding hydrogens is 478 g/mol. The van der Waals surface area contributed by atoms with Crippen LogP contribution in [0, 0.1) is 6.92 Å². The molecule has 0 aliphatic carbocycles. The summed E-state index contributed by atoms with van der Waals surface area (Å²) in [6.45, 7) is 2.06. The highest BCUT2D eigenvalue weighted by Crippen LogP contribution is 2.30. The fourth-order valence-corrected chi connectivity index (χ4v) is 3.96. The smallest absolute Gasteiger partial charge is 0.278 e. The number of carbonyl (C=O) groups excluding carboxylic acids is 1. The molecule has 0 radical (unpaired) electrons. The number of hydrogen-bond acceptors (Lipinski definition) is 6. The molecule has 0 fully saturated rings. The minimum atomic E-state index is -0.393. The van der Waals surface area contributed by atoms with E-state index in [-0.39, 0.29) is 12.3 Å². The van der Waals surface area contributed by atoms with Crippen molar-refractivity contribution in [1.29, 1.82) is 0 Å². The van der Waals surface area contributed by atoms with Gasteiger partial charge in [-0.15, -0.1) is 10.2 Å². The lowest BCUT2D eigenvalue weighted by atomic mass is 10.1. The van der Waals surface area contributed by atoms with Crippen molar-refractivity contribution in [3.05, 3.63) is 101 Å². The summed E-state index contributed by atoms with van der Waals surface area (Å²) >= 11 is 6.06. The van der Waals surface area contributed by atoms with Gasteiger partial charge < -0.3 is 14.8 Å². The van der Waals surface area contributed by atoms with Crippen LogP contribution in [0.1, 0.15) is 21.9 Å². The number of nitrogens with one attached hydrogen (secondary N) is 1. The molecule has 1 N–H and O–H groups in total. The van der Waals surface area contributed by atoms with Crippen LogP contribution in [0.2, 0.25) is 5.02 Å². The second-order valence-electron chi connectivity index (χ2n) is 8.02. The number of aryl methyl sites for hydroxylation is 1. The third-order valence-electron chi connectivity index (χ3n) is 5.56. The van der Waals surface area contributed by atoms with Gasteiger partial charge in [0.2, 0.25) is 0 Å². The van der Waals surface area contributed by atoms with E-state index in [1.807, 2.05) is 42.5 Å². The molecule has 36 heavy (non-hydrogen) atoms. The van der Waals surface area contributed by atoms with Crippen molar-refractivity contribution in [2.75, 3.05) is 12.4 Å². The van der Waals surface area contributed by atoms with E-state index in [1.54, 1.807) is 54.9 Å². The predicted octanol–water partition coefficient (Wildman–Crippen LogP) is 5.94. The Morgan fingerprint density at radius 1 is 0.944 bits per heavy atom. The van der Waals surface area contributed by atoms with Crippen LogP contribution in [-0.2, 0) is 11.3 Å². The van der Waals surface area contributed by atoms with Gasteiger partial charge in [0, 0.05) is 17.8 Å². The molecule has 8 nitrogen and oxygen atoms in total. The summed E-state index contributed by atoms with van der Waals surface area (Å²) in [7, 11) is 1.60. The van der Waals surface area contributed by atoms with Crippen molar-refractivity contribution >= 4 is 28.8 Å². The summed E-state index contributed by atoms with van der Waals surface area (Å²) in [5.74, 6) is 1.00. The van der Waals surface area contributed by atoms with Gasteiger partial charge in [0.25, 0.3) is 5.91 Å². The fourth-order valence-electron chi connectivity index (χ4n) is 3.83. The van der Waals surface area contributed by atoms with Crippen LogP contribution >= 0.6 is 11.6 Å². The average Bonchev–Trinajstić information content (AvgIpc) is 3.26. The van der Waals surface area contributed by atoms with E-state index in [0.29, 0.717) is 33.5 Å². The topological polar surface area (TPSA) is 90.6 Å². The zero-order valence-corrected chi connectivity index (χ0v) is 20.4. The summed E-state index contributed by atoms with van der Waals surface area (Å²) in [6.07, 6.45) is 0. The molecule has 3 aromatic carbocycles. The van der Waals surface area contributed by atoms with Crippen LogP contribution in [0.4, 0.5) is 5.69 Å². The van der Waals surface area contributed by atoms with Gasteiger partial charge >= 0.3 is 0 Å². The van der Waals surface area contributed by atoms with Crippen LogP contribution < -0.4 is 10.1 Å². The highest BCUT2D eigenvalue weighted by Gasteiger charge is 2.22. The summed E-state index contributed by atoms with van der Waals surface area (Å²) in [5.41, 5.74) is 4.20. The first-order chi connectivity index (χ1) is 17.5. The number of anilines is 1. The number of ether oxygens (including phenoxy) is 2. The van der Waals surface area contributed by atoms with Crippen molar-refractivity contribution < 1.29 is 14.3 Å². The molecule has 0 spiro atoms. The molecule has 9 heteroatoms. The number of methoxy groups -OCH3 is 1. The van der Waals surface area contributed by atoms with E-state index in [9.17, 15) is 4.79 Å². The second kappa shape index (κ2) is 10.2. The van der Waals surface area contributed by atoms with E-state index in [2.05, 4.69) is 20.6 Å². The third-order valence-corrected chi connectivity index (χ3v) is 5.81. The summed E-state index contributed by atoms with van der Waals surface area (Å²) in [4.78, 5) is 13.1. The van der Waals surface area contributed by atoms with E-state index >= 15 is 0 Å². The lowest BCUT2D eigenvalue weighted by molar-refractivity contribution is 0.102. The molecule has 0 saturated carbocycles. The molecule has 2 heterocycles. The Balaban J connectivity index is 1.41. The maximum Gasteiger partial charge on any atom is 0.278 e. The zero-order chi connectivity index (χ0) is 25.1. The molecule has 0 aliphatic heterocycles. The first kappa shape index (κ1) is 23.5. The van der Waals surface area contributed by atoms with Crippen molar-refractivity contribution in [2.24, 2.45) is 0 Å². The third kappa shape index (κ3) is 4.77. The van der Waals surface area contributed by atoms with Crippen LogP contribution in [0.5, 0.6) is 11.5 Å². The Morgan fingerprint density at radius 3 is 2.33 bits per heavy atom. The Labute approximate surface area is 212 Å². The standard InChI is InChI=1S/C27H22ClN5O3/c1-17-25(27(34)29-20-12-14-22(15-13-20)36-21-6-4-3-5-7-21)30-31-26-24(18-8-10-19(28)11-9-18)23(16-35-2)32-33(17)26/h3-15H,16H2,1-2H3,(H,29,34). The van der Waals surface area contributed by atoms with E-state index in [1.165, 1.54) is 0 Å². The summed E-state index contributed by atoms with van der Waals surface area (Å²) in [6, 6.07) is 24.0. The van der Waals surface area contributed by atoms with Gasteiger partial charge in [0.1, 0.15) is 11.5 Å². The first-order valence-electron chi connectivity index (χ1n) is 11.2. The number of amides is 1. The molecule has 1 amide bonds. The number of benzene rings is 3. The first-order valence-corrected chi connectivity index (χ1v) is 11.6. The van der Waals surface area contributed by atoms with Crippen LogP contribution in [0.3, 0.4) is 0 Å². The number of rotatable bonds is 7. The number of halogens is 1. The lowest BCUT2D eigenvalue weighted by Gasteiger charge is -2.09. The fraction of sp³-hybridized carbons (Fsp3) is 0.111. The van der Waals surface area contributed by atoms with Gasteiger partial charge in [-0.1, -0.05) is 41.9 Å². The second-order valence-corrected chi connectivity index (χ2v) is 8.46. The molecular formula is C27H22ClN5O3. The molecule has 0 saturated heterocycles. The van der Waals surface area contributed by atoms with Crippen molar-refractivity contribution in [1.82, 2.24) is 19.8 Å². The largest absolute Gasteiger partial charge is 0.457 e.